The van der Waals surface area contributed by atoms with Crippen molar-refractivity contribution < 1.29 is 9.53 Å². The van der Waals surface area contributed by atoms with Crippen molar-refractivity contribution in [2.24, 2.45) is 11.8 Å². The molecule has 2 atom stereocenters. The van der Waals surface area contributed by atoms with Crippen molar-refractivity contribution >= 4 is 11.9 Å². The average molecular weight is 430 g/mol. The molecule has 0 spiro atoms. The minimum Gasteiger partial charge on any atom is -0.385 e. The number of ether oxygens (including phenoxy) is 1. The molecule has 1 aromatic rings. The number of carbonyl (C=O) groups is 1. The zero-order valence-electron chi connectivity index (χ0n) is 19.1. The number of piperidine rings is 3. The van der Waals surface area contributed by atoms with Gasteiger partial charge in [0.1, 0.15) is 0 Å². The first-order chi connectivity index (χ1) is 15.3. The highest BCUT2D eigenvalue weighted by Gasteiger charge is 2.36. The normalized spacial score (nSPS) is 25.3. The number of rotatable bonds is 8. The van der Waals surface area contributed by atoms with E-state index in [0.29, 0.717) is 24.5 Å². The molecule has 0 bridgehead atoms. The molecule has 0 aromatic carbocycles. The maximum atomic E-state index is 13.6. The lowest BCUT2D eigenvalue weighted by Gasteiger charge is -2.46. The van der Waals surface area contributed by atoms with E-state index in [9.17, 15) is 4.79 Å². The van der Waals surface area contributed by atoms with E-state index in [1.165, 1.54) is 45.2 Å². The van der Waals surface area contributed by atoms with Crippen molar-refractivity contribution in [3.8, 4) is 0 Å². The summed E-state index contributed by atoms with van der Waals surface area (Å²) in [5.41, 5.74) is 0. The Kier molecular flexibility index (Phi) is 8.14. The third kappa shape index (κ3) is 5.75. The maximum Gasteiger partial charge on any atom is 0.225 e. The van der Waals surface area contributed by atoms with Crippen LogP contribution in [0, 0.1) is 11.8 Å². The van der Waals surface area contributed by atoms with Crippen LogP contribution in [-0.4, -0.2) is 84.7 Å². The molecule has 0 radical (unpaired) electrons. The van der Waals surface area contributed by atoms with Gasteiger partial charge < -0.3 is 19.4 Å². The van der Waals surface area contributed by atoms with Crippen molar-refractivity contribution in [1.82, 2.24) is 19.8 Å². The SMILES string of the molecule is COCCCN(C[C@H]1CCCN2CCCC[C@H]12)C(=O)C1CCN(c2ncccn2)CC1. The van der Waals surface area contributed by atoms with Gasteiger partial charge in [-0.15, -0.1) is 0 Å². The Morgan fingerprint density at radius 1 is 1.06 bits per heavy atom. The summed E-state index contributed by atoms with van der Waals surface area (Å²) >= 11 is 0. The fourth-order valence-electron chi connectivity index (χ4n) is 5.80. The van der Waals surface area contributed by atoms with Crippen LogP contribution < -0.4 is 4.90 Å². The summed E-state index contributed by atoms with van der Waals surface area (Å²) in [6, 6.07) is 2.52. The largest absolute Gasteiger partial charge is 0.385 e. The smallest absolute Gasteiger partial charge is 0.225 e. The maximum absolute atomic E-state index is 13.6. The van der Waals surface area contributed by atoms with Crippen LogP contribution >= 0.6 is 0 Å². The number of nitrogens with zero attached hydrogens (tertiary/aromatic N) is 5. The second-order valence-electron chi connectivity index (χ2n) is 9.44. The third-order valence-electron chi connectivity index (χ3n) is 7.45. The summed E-state index contributed by atoms with van der Waals surface area (Å²) in [5.74, 6) is 1.88. The predicted octanol–water partition coefficient (Wildman–Crippen LogP) is 2.82. The molecule has 3 aliphatic rings. The zero-order chi connectivity index (χ0) is 21.5. The number of hydrogen-bond donors (Lipinski definition) is 0. The van der Waals surface area contributed by atoms with E-state index in [2.05, 4.69) is 24.7 Å². The third-order valence-corrected chi connectivity index (χ3v) is 7.45. The number of amides is 1. The lowest BCUT2D eigenvalue weighted by atomic mass is 9.83. The molecule has 31 heavy (non-hydrogen) atoms. The Morgan fingerprint density at radius 2 is 1.84 bits per heavy atom. The topological polar surface area (TPSA) is 61.8 Å². The van der Waals surface area contributed by atoms with Crippen LogP contribution in [0.1, 0.15) is 51.4 Å². The molecule has 0 saturated carbocycles. The molecule has 0 unspecified atom stereocenters. The number of methoxy groups -OCH3 is 1. The molecule has 172 valence electrons. The summed E-state index contributed by atoms with van der Waals surface area (Å²) in [4.78, 5) is 29.4. The van der Waals surface area contributed by atoms with Gasteiger partial charge in [-0.2, -0.15) is 0 Å². The van der Waals surface area contributed by atoms with Crippen molar-refractivity contribution in [3.05, 3.63) is 18.5 Å². The summed E-state index contributed by atoms with van der Waals surface area (Å²) < 4.78 is 5.29. The van der Waals surface area contributed by atoms with E-state index in [-0.39, 0.29) is 5.92 Å². The van der Waals surface area contributed by atoms with Gasteiger partial charge in [-0.25, -0.2) is 9.97 Å². The molecule has 7 nitrogen and oxygen atoms in total. The molecule has 7 heteroatoms. The Labute approximate surface area is 187 Å². The van der Waals surface area contributed by atoms with Crippen LogP contribution in [0.2, 0.25) is 0 Å². The lowest BCUT2D eigenvalue weighted by molar-refractivity contribution is -0.137. The molecule has 4 heterocycles. The first-order valence-electron chi connectivity index (χ1n) is 12.3. The van der Waals surface area contributed by atoms with Gasteiger partial charge in [0.25, 0.3) is 0 Å². The van der Waals surface area contributed by atoms with Crippen LogP contribution in [0.3, 0.4) is 0 Å². The molecule has 3 aliphatic heterocycles. The van der Waals surface area contributed by atoms with E-state index in [1.807, 2.05) is 6.07 Å². The van der Waals surface area contributed by atoms with Gasteiger partial charge in [0, 0.05) is 64.2 Å². The summed E-state index contributed by atoms with van der Waals surface area (Å²) in [7, 11) is 1.74. The lowest BCUT2D eigenvalue weighted by Crippen LogP contribution is -2.52. The molecule has 3 fully saturated rings. The Bertz CT molecular complexity index is 678. The quantitative estimate of drug-likeness (QED) is 0.592. The van der Waals surface area contributed by atoms with Crippen LogP contribution in [0.4, 0.5) is 5.95 Å². The highest BCUT2D eigenvalue weighted by molar-refractivity contribution is 5.79. The number of hydrogen-bond acceptors (Lipinski definition) is 6. The molecule has 0 aliphatic carbocycles. The zero-order valence-corrected chi connectivity index (χ0v) is 19.1. The molecule has 1 aromatic heterocycles. The molecule has 4 rings (SSSR count). The Morgan fingerprint density at radius 3 is 2.61 bits per heavy atom. The van der Waals surface area contributed by atoms with Gasteiger partial charge in [-0.3, -0.25) is 4.79 Å². The first kappa shape index (κ1) is 22.5. The van der Waals surface area contributed by atoms with E-state index in [4.69, 9.17) is 4.74 Å². The molecule has 3 saturated heterocycles. The van der Waals surface area contributed by atoms with Crippen LogP contribution in [0.25, 0.3) is 0 Å². The molecular formula is C24H39N5O2. The van der Waals surface area contributed by atoms with E-state index in [0.717, 1.165) is 51.4 Å². The van der Waals surface area contributed by atoms with E-state index >= 15 is 0 Å². The number of fused-ring (bicyclic) bond motifs is 1. The second kappa shape index (κ2) is 11.2. The van der Waals surface area contributed by atoms with E-state index in [1.54, 1.807) is 19.5 Å². The van der Waals surface area contributed by atoms with Gasteiger partial charge >= 0.3 is 0 Å². The van der Waals surface area contributed by atoms with Crippen molar-refractivity contribution in [2.45, 2.75) is 57.4 Å². The number of carbonyl (C=O) groups excluding carboxylic acids is 1. The fourth-order valence-corrected chi connectivity index (χ4v) is 5.80. The minimum absolute atomic E-state index is 0.119. The Hall–Kier alpha value is -1.73. The van der Waals surface area contributed by atoms with Crippen LogP contribution in [0.15, 0.2) is 18.5 Å². The monoisotopic (exact) mass is 429 g/mol. The van der Waals surface area contributed by atoms with Crippen molar-refractivity contribution in [3.63, 3.8) is 0 Å². The highest BCUT2D eigenvalue weighted by atomic mass is 16.5. The summed E-state index contributed by atoms with van der Waals surface area (Å²) in [6.07, 6.45) is 12.8. The van der Waals surface area contributed by atoms with Gasteiger partial charge in [-0.05, 0) is 70.0 Å². The summed E-state index contributed by atoms with van der Waals surface area (Å²) in [5, 5.41) is 0. The van der Waals surface area contributed by atoms with Gasteiger partial charge in [0.15, 0.2) is 0 Å². The van der Waals surface area contributed by atoms with Crippen molar-refractivity contribution in [1.29, 1.82) is 0 Å². The minimum atomic E-state index is 0.119. The van der Waals surface area contributed by atoms with Gasteiger partial charge in [0.05, 0.1) is 0 Å². The average Bonchev–Trinajstić information content (AvgIpc) is 2.84. The number of anilines is 1. The fraction of sp³-hybridized carbons (Fsp3) is 0.792. The molecule has 1 amide bonds. The molecule has 0 N–H and O–H groups in total. The Balaban J connectivity index is 1.36. The molecular weight excluding hydrogens is 390 g/mol. The van der Waals surface area contributed by atoms with Crippen LogP contribution in [0.5, 0.6) is 0 Å². The van der Waals surface area contributed by atoms with Gasteiger partial charge in [0.2, 0.25) is 11.9 Å². The predicted molar refractivity (Wildman–Crippen MR) is 122 cm³/mol. The standard InChI is InChI=1S/C24H39N5O2/c1-31-18-6-15-29(19-21-7-4-14-27-13-3-2-8-22(21)27)23(30)20-9-16-28(17-10-20)24-25-11-5-12-26-24/h5,11-12,20-22H,2-4,6-10,13-19H2,1H3/t21-,22-/m1/s1. The van der Waals surface area contributed by atoms with Gasteiger partial charge in [-0.1, -0.05) is 6.42 Å². The number of aromatic nitrogens is 2. The highest BCUT2D eigenvalue weighted by Crippen LogP contribution is 2.32. The van der Waals surface area contributed by atoms with Crippen molar-refractivity contribution in [2.75, 3.05) is 57.9 Å². The first-order valence-corrected chi connectivity index (χ1v) is 12.3. The van der Waals surface area contributed by atoms with E-state index < -0.39 is 0 Å². The second-order valence-corrected chi connectivity index (χ2v) is 9.44. The summed E-state index contributed by atoms with van der Waals surface area (Å²) in [6.45, 7) is 6.66. The van der Waals surface area contributed by atoms with Crippen LogP contribution in [-0.2, 0) is 9.53 Å².